The Morgan fingerprint density at radius 3 is 1.68 bits per heavy atom. The molecule has 0 fully saturated rings. The maximum Gasteiger partial charge on any atom is 0.185 e. The fourth-order valence-electron chi connectivity index (χ4n) is 5.89. The number of imidazole rings is 1. The summed E-state index contributed by atoms with van der Waals surface area (Å²) in [5, 5.41) is 0.530. The zero-order chi connectivity index (χ0) is 30.4. The van der Waals surface area contributed by atoms with Crippen LogP contribution in [0.1, 0.15) is 45.2 Å². The van der Waals surface area contributed by atoms with Gasteiger partial charge in [-0.3, -0.25) is 4.79 Å². The summed E-state index contributed by atoms with van der Waals surface area (Å²) in [5.74, 6) is -0.116. The van der Waals surface area contributed by atoms with E-state index in [4.69, 9.17) is 16.6 Å². The van der Waals surface area contributed by atoms with Gasteiger partial charge < -0.3 is 4.57 Å². The van der Waals surface area contributed by atoms with Crippen molar-refractivity contribution >= 4 is 28.5 Å². The minimum atomic E-state index is -0.723. The Morgan fingerprint density at radius 2 is 1.16 bits per heavy atom. The summed E-state index contributed by atoms with van der Waals surface area (Å²) in [6.07, 6.45) is 7.35. The van der Waals surface area contributed by atoms with Crippen molar-refractivity contribution in [3.63, 3.8) is 0 Å². The van der Waals surface area contributed by atoms with Gasteiger partial charge in [-0.05, 0) is 58.5 Å². The Hall–Kier alpha value is -5.25. The van der Waals surface area contributed by atoms with Gasteiger partial charge in [0.05, 0.1) is 18.2 Å². The predicted octanol–water partition coefficient (Wildman–Crippen LogP) is 9.75. The van der Waals surface area contributed by atoms with Crippen LogP contribution in [0.5, 0.6) is 0 Å². The van der Waals surface area contributed by atoms with Crippen LogP contribution in [0.25, 0.3) is 11.1 Å². The van der Waals surface area contributed by atoms with Gasteiger partial charge in [-0.1, -0.05) is 151 Å². The number of carbonyl (C=O) groups excluding carboxylic acids is 1. The number of benzene rings is 5. The van der Waals surface area contributed by atoms with E-state index in [0.717, 1.165) is 39.1 Å². The zero-order valence-electron chi connectivity index (χ0n) is 24.3. The largest absolute Gasteiger partial charge is 0.312 e. The van der Waals surface area contributed by atoms with Crippen LogP contribution < -0.4 is 0 Å². The number of carbonyl (C=O) groups is 1. The SMILES string of the molecule is CC(=C(C=CC(=O)c1cccc(Cl)c1)c1ccccc1)c1cncn1C(c1ccccc1)(c1ccccc1)c1ccccc1. The van der Waals surface area contributed by atoms with E-state index in [2.05, 4.69) is 96.4 Å². The van der Waals surface area contributed by atoms with Crippen LogP contribution in [-0.2, 0) is 5.54 Å². The van der Waals surface area contributed by atoms with E-state index in [1.807, 2.05) is 55.0 Å². The zero-order valence-corrected chi connectivity index (χ0v) is 25.1. The van der Waals surface area contributed by atoms with E-state index >= 15 is 0 Å². The molecule has 0 saturated carbocycles. The van der Waals surface area contributed by atoms with Gasteiger partial charge in [-0.2, -0.15) is 0 Å². The summed E-state index contributed by atoms with van der Waals surface area (Å²) >= 11 is 6.18. The minimum Gasteiger partial charge on any atom is -0.312 e. The van der Waals surface area contributed by atoms with Crippen molar-refractivity contribution in [1.29, 1.82) is 0 Å². The molecule has 0 aliphatic carbocycles. The van der Waals surface area contributed by atoms with Crippen molar-refractivity contribution in [2.24, 2.45) is 0 Å². The first-order valence-corrected chi connectivity index (χ1v) is 14.9. The van der Waals surface area contributed by atoms with Gasteiger partial charge >= 0.3 is 0 Å². The average Bonchev–Trinajstić information content (AvgIpc) is 3.57. The molecule has 0 N–H and O–H groups in total. The maximum atomic E-state index is 13.2. The molecule has 6 aromatic rings. The molecule has 3 nitrogen and oxygen atoms in total. The number of hydrogen-bond acceptors (Lipinski definition) is 2. The first-order chi connectivity index (χ1) is 21.6. The molecule has 0 aliphatic heterocycles. The lowest BCUT2D eigenvalue weighted by atomic mass is 9.76. The highest BCUT2D eigenvalue weighted by molar-refractivity contribution is 6.31. The van der Waals surface area contributed by atoms with E-state index in [1.54, 1.807) is 30.3 Å². The quantitative estimate of drug-likeness (QED) is 0.0727. The van der Waals surface area contributed by atoms with Gasteiger partial charge in [0.25, 0.3) is 0 Å². The molecule has 0 atom stereocenters. The van der Waals surface area contributed by atoms with Crippen LogP contribution in [-0.4, -0.2) is 15.3 Å². The van der Waals surface area contributed by atoms with Gasteiger partial charge in [0.15, 0.2) is 5.78 Å². The summed E-state index contributed by atoms with van der Waals surface area (Å²) in [4.78, 5) is 18.0. The van der Waals surface area contributed by atoms with Gasteiger partial charge in [-0.15, -0.1) is 0 Å². The Labute approximate surface area is 263 Å². The highest BCUT2D eigenvalue weighted by atomic mass is 35.5. The smallest absolute Gasteiger partial charge is 0.185 e. The van der Waals surface area contributed by atoms with Gasteiger partial charge in [0.1, 0.15) is 5.54 Å². The van der Waals surface area contributed by atoms with Crippen molar-refractivity contribution in [3.8, 4) is 0 Å². The molecule has 6 rings (SSSR count). The van der Waals surface area contributed by atoms with E-state index in [0.29, 0.717) is 10.6 Å². The summed E-state index contributed by atoms with van der Waals surface area (Å²) in [5.41, 5.74) is 6.98. The third kappa shape index (κ3) is 5.58. The highest BCUT2D eigenvalue weighted by Gasteiger charge is 2.39. The third-order valence-corrected chi connectivity index (χ3v) is 8.19. The molecule has 0 spiro atoms. The molecule has 1 aromatic heterocycles. The molecule has 0 saturated heterocycles. The fraction of sp³-hybridized carbons (Fsp3) is 0.0500. The van der Waals surface area contributed by atoms with E-state index in [1.165, 1.54) is 0 Å². The monoisotopic (exact) mass is 590 g/mol. The molecule has 0 radical (unpaired) electrons. The van der Waals surface area contributed by atoms with Crippen molar-refractivity contribution < 1.29 is 4.79 Å². The lowest BCUT2D eigenvalue weighted by Gasteiger charge is -2.39. The van der Waals surface area contributed by atoms with Crippen molar-refractivity contribution in [2.75, 3.05) is 0 Å². The van der Waals surface area contributed by atoms with E-state index < -0.39 is 5.54 Å². The second kappa shape index (κ2) is 12.9. The lowest BCUT2D eigenvalue weighted by Crippen LogP contribution is -2.38. The van der Waals surface area contributed by atoms with Crippen molar-refractivity contribution in [2.45, 2.75) is 12.5 Å². The summed E-state index contributed by atoms with van der Waals surface area (Å²) in [7, 11) is 0. The van der Waals surface area contributed by atoms with Crippen LogP contribution in [0.3, 0.4) is 0 Å². The first kappa shape index (κ1) is 28.9. The molecular weight excluding hydrogens is 560 g/mol. The molecule has 0 amide bonds. The summed E-state index contributed by atoms with van der Waals surface area (Å²) in [6, 6.07) is 48.8. The number of aromatic nitrogens is 2. The fourth-order valence-corrected chi connectivity index (χ4v) is 6.08. The summed E-state index contributed by atoms with van der Waals surface area (Å²) in [6.45, 7) is 2.09. The number of halogens is 1. The summed E-state index contributed by atoms with van der Waals surface area (Å²) < 4.78 is 2.26. The second-order valence-electron chi connectivity index (χ2n) is 10.6. The standard InChI is InChI=1S/C40H31ClN2O/c1-30(37(31-15-6-2-7-16-31)25-26-39(44)32-17-14-24-36(41)27-32)38-28-42-29-43(38)40(33-18-8-3-9-19-33,34-20-10-4-11-21-34)35-22-12-5-13-23-35/h2-29H,1H3. The lowest BCUT2D eigenvalue weighted by molar-refractivity contribution is 0.104. The molecule has 4 heteroatoms. The third-order valence-electron chi connectivity index (χ3n) is 7.96. The molecular formula is C40H31ClN2O. The van der Waals surface area contributed by atoms with E-state index in [-0.39, 0.29) is 5.78 Å². The molecule has 44 heavy (non-hydrogen) atoms. The van der Waals surface area contributed by atoms with Crippen LogP contribution in [0.15, 0.2) is 170 Å². The Kier molecular flexibility index (Phi) is 8.49. The second-order valence-corrected chi connectivity index (χ2v) is 11.0. The highest BCUT2D eigenvalue weighted by Crippen LogP contribution is 2.43. The number of hydrogen-bond donors (Lipinski definition) is 0. The predicted molar refractivity (Wildman–Crippen MR) is 181 cm³/mol. The Morgan fingerprint density at radius 1 is 0.659 bits per heavy atom. The normalized spacial score (nSPS) is 12.2. The number of rotatable bonds is 9. The molecule has 1 heterocycles. The first-order valence-electron chi connectivity index (χ1n) is 14.5. The van der Waals surface area contributed by atoms with Crippen LogP contribution in [0.4, 0.5) is 0 Å². The van der Waals surface area contributed by atoms with Gasteiger partial charge in [-0.25, -0.2) is 4.98 Å². The minimum absolute atomic E-state index is 0.116. The number of nitrogens with zero attached hydrogens (tertiary/aromatic N) is 2. The van der Waals surface area contributed by atoms with Gasteiger partial charge in [0.2, 0.25) is 0 Å². The van der Waals surface area contributed by atoms with Gasteiger partial charge in [0, 0.05) is 10.6 Å². The van der Waals surface area contributed by atoms with E-state index in [9.17, 15) is 4.79 Å². The van der Waals surface area contributed by atoms with Crippen molar-refractivity contribution in [1.82, 2.24) is 9.55 Å². The van der Waals surface area contributed by atoms with Crippen molar-refractivity contribution in [3.05, 3.63) is 209 Å². The molecule has 214 valence electrons. The average molecular weight is 591 g/mol. The van der Waals surface area contributed by atoms with Crippen LogP contribution in [0.2, 0.25) is 5.02 Å². The molecule has 0 aliphatic rings. The molecule has 5 aromatic carbocycles. The molecule has 0 bridgehead atoms. The van der Waals surface area contributed by atoms with Crippen LogP contribution >= 0.6 is 11.6 Å². The Balaban J connectivity index is 1.60. The Bertz CT molecular complexity index is 1830. The molecule has 0 unspecified atom stereocenters. The number of allylic oxidation sites excluding steroid dienone is 4. The topological polar surface area (TPSA) is 34.9 Å². The van der Waals surface area contributed by atoms with Crippen LogP contribution in [0, 0.1) is 0 Å². The number of ketones is 1. The maximum absolute atomic E-state index is 13.2.